The van der Waals surface area contributed by atoms with Crippen molar-refractivity contribution in [3.8, 4) is 0 Å². The topological polar surface area (TPSA) is 32.9 Å². The number of hydrogen-bond acceptors (Lipinski definition) is 1. The molecule has 0 spiro atoms. The Morgan fingerprint density at radius 1 is 0.885 bits per heavy atom. The molecule has 1 aromatic heterocycles. The van der Waals surface area contributed by atoms with Gasteiger partial charge in [0.15, 0.2) is 0 Å². The third-order valence-electron chi connectivity index (χ3n) is 4.43. The Labute approximate surface area is 147 Å². The van der Waals surface area contributed by atoms with Crippen LogP contribution >= 0.6 is 0 Å². The minimum absolute atomic E-state index is 0.00111. The Hall–Kier alpha value is -3.08. The zero-order valence-electron chi connectivity index (χ0n) is 13.6. The Morgan fingerprint density at radius 3 is 2.35 bits per heavy atom. The van der Waals surface area contributed by atoms with E-state index in [0.717, 1.165) is 10.8 Å². The van der Waals surface area contributed by atoms with E-state index in [1.807, 2.05) is 24.3 Å². The molecular weight excluding hydrogens is 339 g/mol. The van der Waals surface area contributed by atoms with Gasteiger partial charge in [-0.2, -0.15) is 13.2 Å². The predicted octanol–water partition coefficient (Wildman–Crippen LogP) is 5.66. The molecule has 0 radical (unpaired) electrons. The number of alkyl halides is 3. The van der Waals surface area contributed by atoms with Gasteiger partial charge in [-0.3, -0.25) is 4.79 Å². The highest BCUT2D eigenvalue weighted by Crippen LogP contribution is 2.31. The highest BCUT2D eigenvalue weighted by molar-refractivity contribution is 6.13. The van der Waals surface area contributed by atoms with Gasteiger partial charge in [0.2, 0.25) is 5.78 Å². The van der Waals surface area contributed by atoms with E-state index in [1.165, 1.54) is 0 Å². The highest BCUT2D eigenvalue weighted by atomic mass is 19.4. The first-order valence-corrected chi connectivity index (χ1v) is 8.12. The summed E-state index contributed by atoms with van der Waals surface area (Å²) in [5.74, 6) is -0.439. The largest absolute Gasteiger partial charge is 0.393 e. The third-order valence-corrected chi connectivity index (χ3v) is 4.43. The number of rotatable bonds is 3. The maximum absolute atomic E-state index is 13.1. The molecule has 0 saturated carbocycles. The summed E-state index contributed by atoms with van der Waals surface area (Å²) in [6, 6.07) is 19.4. The third kappa shape index (κ3) is 2.96. The van der Waals surface area contributed by atoms with Crippen molar-refractivity contribution < 1.29 is 18.0 Å². The van der Waals surface area contributed by atoms with Crippen LogP contribution in [0.25, 0.3) is 21.7 Å². The van der Waals surface area contributed by atoms with Gasteiger partial charge in [0.05, 0.1) is 12.1 Å². The van der Waals surface area contributed by atoms with Crippen LogP contribution in [0.5, 0.6) is 0 Å². The number of hydrogen-bond donors (Lipinski definition) is 1. The Balaban J connectivity index is 1.86. The van der Waals surface area contributed by atoms with Gasteiger partial charge in [0.1, 0.15) is 0 Å². The second-order valence-corrected chi connectivity index (χ2v) is 6.21. The number of fused-ring (bicyclic) bond motifs is 2. The minimum atomic E-state index is -4.40. The van der Waals surface area contributed by atoms with Crippen molar-refractivity contribution in [1.29, 1.82) is 0 Å². The van der Waals surface area contributed by atoms with E-state index in [1.54, 1.807) is 42.5 Å². The summed E-state index contributed by atoms with van der Waals surface area (Å²) in [6.45, 7) is 0. The molecule has 130 valence electrons. The summed E-state index contributed by atoms with van der Waals surface area (Å²) >= 11 is 0. The predicted molar refractivity (Wildman–Crippen MR) is 95.4 cm³/mol. The molecule has 4 aromatic rings. The Kier molecular flexibility index (Phi) is 3.80. The van der Waals surface area contributed by atoms with Gasteiger partial charge in [-0.15, -0.1) is 0 Å². The van der Waals surface area contributed by atoms with Crippen LogP contribution in [0.2, 0.25) is 0 Å². The van der Waals surface area contributed by atoms with Crippen molar-refractivity contribution in [3.63, 3.8) is 0 Å². The second kappa shape index (κ2) is 6.02. The zero-order valence-corrected chi connectivity index (χ0v) is 13.6. The molecule has 0 bridgehead atoms. The lowest BCUT2D eigenvalue weighted by atomic mass is 9.99. The molecule has 5 heteroatoms. The van der Waals surface area contributed by atoms with E-state index in [4.69, 9.17) is 0 Å². The molecule has 0 fully saturated rings. The standard InChI is InChI=1S/C21H14F3NO/c22-21(23,24)12-17-16-7-3-4-8-18(16)25-19(17)20(26)15-10-9-13-5-1-2-6-14(13)11-15/h1-11,25H,12H2. The average Bonchev–Trinajstić information content (AvgIpc) is 2.97. The molecule has 0 aliphatic heterocycles. The molecule has 4 rings (SSSR count). The zero-order chi connectivity index (χ0) is 18.3. The van der Waals surface area contributed by atoms with Crippen molar-refractivity contribution in [2.24, 2.45) is 0 Å². The van der Waals surface area contributed by atoms with E-state index in [2.05, 4.69) is 4.98 Å². The van der Waals surface area contributed by atoms with E-state index >= 15 is 0 Å². The van der Waals surface area contributed by atoms with Gasteiger partial charge in [-0.1, -0.05) is 54.6 Å². The number of benzene rings is 3. The summed E-state index contributed by atoms with van der Waals surface area (Å²) in [5, 5.41) is 2.26. The monoisotopic (exact) mass is 353 g/mol. The van der Waals surface area contributed by atoms with Crippen LogP contribution in [0.15, 0.2) is 66.7 Å². The molecular formula is C21H14F3NO. The number of para-hydroxylation sites is 1. The Bertz CT molecular complexity index is 1120. The van der Waals surface area contributed by atoms with Gasteiger partial charge in [-0.05, 0) is 28.5 Å². The Morgan fingerprint density at radius 2 is 1.58 bits per heavy atom. The lowest BCUT2D eigenvalue weighted by Gasteiger charge is -2.08. The number of carbonyl (C=O) groups is 1. The maximum Gasteiger partial charge on any atom is 0.393 e. The van der Waals surface area contributed by atoms with Gasteiger partial charge in [-0.25, -0.2) is 0 Å². The maximum atomic E-state index is 13.1. The molecule has 0 atom stereocenters. The molecule has 26 heavy (non-hydrogen) atoms. The first-order chi connectivity index (χ1) is 12.4. The van der Waals surface area contributed by atoms with Crippen LogP contribution in [-0.4, -0.2) is 16.9 Å². The summed E-state index contributed by atoms with van der Waals surface area (Å²) in [7, 11) is 0. The molecule has 0 saturated heterocycles. The number of aromatic amines is 1. The van der Waals surface area contributed by atoms with Crippen LogP contribution < -0.4 is 0 Å². The van der Waals surface area contributed by atoms with Crippen molar-refractivity contribution in [1.82, 2.24) is 4.98 Å². The van der Waals surface area contributed by atoms with Crippen LogP contribution in [0, 0.1) is 0 Å². The molecule has 0 unspecified atom stereocenters. The van der Waals surface area contributed by atoms with Crippen LogP contribution in [-0.2, 0) is 6.42 Å². The second-order valence-electron chi connectivity index (χ2n) is 6.21. The average molecular weight is 353 g/mol. The molecule has 1 N–H and O–H groups in total. The minimum Gasteiger partial charge on any atom is -0.352 e. The first-order valence-electron chi connectivity index (χ1n) is 8.12. The summed E-state index contributed by atoms with van der Waals surface area (Å²) in [5.41, 5.74) is 0.875. The normalized spacial score (nSPS) is 12.0. The molecule has 0 amide bonds. The van der Waals surface area contributed by atoms with Crippen LogP contribution in [0.3, 0.4) is 0 Å². The van der Waals surface area contributed by atoms with E-state index in [-0.39, 0.29) is 11.3 Å². The van der Waals surface area contributed by atoms with Crippen molar-refractivity contribution in [2.75, 3.05) is 0 Å². The lowest BCUT2D eigenvalue weighted by molar-refractivity contribution is -0.127. The number of nitrogens with one attached hydrogen (secondary N) is 1. The van der Waals surface area contributed by atoms with E-state index in [0.29, 0.717) is 16.5 Å². The number of ketones is 1. The molecule has 3 aromatic carbocycles. The summed E-state index contributed by atoms with van der Waals surface area (Å²) in [4.78, 5) is 15.9. The number of carbonyl (C=O) groups excluding carboxylic acids is 1. The van der Waals surface area contributed by atoms with E-state index in [9.17, 15) is 18.0 Å². The fourth-order valence-corrected chi connectivity index (χ4v) is 3.25. The molecule has 0 aliphatic rings. The number of aromatic nitrogens is 1. The molecule has 2 nitrogen and oxygen atoms in total. The lowest BCUT2D eigenvalue weighted by Crippen LogP contribution is -2.15. The van der Waals surface area contributed by atoms with E-state index < -0.39 is 18.4 Å². The van der Waals surface area contributed by atoms with Gasteiger partial charge >= 0.3 is 6.18 Å². The SMILES string of the molecule is O=C(c1ccc2ccccc2c1)c1[nH]c2ccccc2c1CC(F)(F)F. The first kappa shape index (κ1) is 16.4. The van der Waals surface area contributed by atoms with Crippen molar-refractivity contribution >= 4 is 27.5 Å². The smallest absolute Gasteiger partial charge is 0.352 e. The van der Waals surface area contributed by atoms with Gasteiger partial charge in [0, 0.05) is 16.5 Å². The molecule has 1 heterocycles. The highest BCUT2D eigenvalue weighted by Gasteiger charge is 2.32. The van der Waals surface area contributed by atoms with Gasteiger partial charge < -0.3 is 4.98 Å². The summed E-state index contributed by atoms with van der Waals surface area (Å²) < 4.78 is 39.2. The number of H-pyrrole nitrogens is 1. The van der Waals surface area contributed by atoms with Gasteiger partial charge in [0.25, 0.3) is 0 Å². The fraction of sp³-hybridized carbons (Fsp3) is 0.0952. The molecule has 0 aliphatic carbocycles. The quantitative estimate of drug-likeness (QED) is 0.474. The number of halogens is 3. The van der Waals surface area contributed by atoms with Crippen molar-refractivity contribution in [3.05, 3.63) is 83.6 Å². The van der Waals surface area contributed by atoms with Crippen LogP contribution in [0.4, 0.5) is 13.2 Å². The van der Waals surface area contributed by atoms with Crippen molar-refractivity contribution in [2.45, 2.75) is 12.6 Å². The fourth-order valence-electron chi connectivity index (χ4n) is 3.25. The summed E-state index contributed by atoms with van der Waals surface area (Å²) in [6.07, 6.45) is -5.55. The van der Waals surface area contributed by atoms with Crippen LogP contribution in [0.1, 0.15) is 21.6 Å².